The minimum atomic E-state index is -0.692. The first-order chi connectivity index (χ1) is 26.3. The fourth-order valence-electron chi connectivity index (χ4n) is 4.91. The lowest BCUT2D eigenvalue weighted by atomic mass is 10.1. The number of nitrogens with zero attached hydrogens (tertiary/aromatic N) is 1. The molecular formula is C42H35N3O9. The monoisotopic (exact) mass is 725 g/mol. The van der Waals surface area contributed by atoms with Crippen molar-refractivity contribution in [2.75, 3.05) is 26.6 Å². The highest BCUT2D eigenvalue weighted by Crippen LogP contribution is 2.38. The van der Waals surface area contributed by atoms with Crippen LogP contribution in [-0.4, -0.2) is 51.3 Å². The van der Waals surface area contributed by atoms with E-state index in [4.69, 9.17) is 23.7 Å². The first-order valence-corrected chi connectivity index (χ1v) is 16.4. The molecule has 0 unspecified atom stereocenters. The van der Waals surface area contributed by atoms with Gasteiger partial charge in [0.25, 0.3) is 11.8 Å². The van der Waals surface area contributed by atoms with Crippen molar-refractivity contribution in [1.82, 2.24) is 5.43 Å². The summed E-state index contributed by atoms with van der Waals surface area (Å²) in [4.78, 5) is 50.9. The standard InChI is InChI=1S/C42H35N3O9/c1-50-36-25-32(26-37(51-2)40(36)52-3)41(48)44-33-21-18-30(19-22-33)42(49)45-43-27-31-14-8-10-16-35(31)54-39(47)24-20-29-13-7-9-15-34(29)53-38(46)23-17-28-11-5-4-6-12-28/h4-27H,1-3H3,(H,44,48)(H,45,49)/b23-17+,24-20+,43-27+. The van der Waals surface area contributed by atoms with E-state index >= 15 is 0 Å². The van der Waals surface area contributed by atoms with Crippen molar-refractivity contribution in [3.8, 4) is 28.7 Å². The highest BCUT2D eigenvalue weighted by molar-refractivity contribution is 6.05. The van der Waals surface area contributed by atoms with Gasteiger partial charge in [-0.2, -0.15) is 5.10 Å². The highest BCUT2D eigenvalue weighted by Gasteiger charge is 2.17. The van der Waals surface area contributed by atoms with Gasteiger partial charge in [-0.3, -0.25) is 9.59 Å². The molecule has 5 rings (SSSR count). The van der Waals surface area contributed by atoms with Gasteiger partial charge in [0, 0.05) is 40.1 Å². The van der Waals surface area contributed by atoms with Gasteiger partial charge in [-0.25, -0.2) is 15.0 Å². The van der Waals surface area contributed by atoms with Crippen LogP contribution < -0.4 is 34.4 Å². The Morgan fingerprint density at radius 2 is 1.11 bits per heavy atom. The lowest BCUT2D eigenvalue weighted by molar-refractivity contribution is -0.129. The van der Waals surface area contributed by atoms with Crippen molar-refractivity contribution in [3.05, 3.63) is 155 Å². The number of hydrogen-bond acceptors (Lipinski definition) is 10. The largest absolute Gasteiger partial charge is 0.493 e. The van der Waals surface area contributed by atoms with Crippen LogP contribution in [0.15, 0.2) is 133 Å². The smallest absolute Gasteiger partial charge is 0.336 e. The van der Waals surface area contributed by atoms with E-state index in [1.165, 1.54) is 70.0 Å². The second kappa shape index (κ2) is 18.7. The predicted octanol–water partition coefficient (Wildman–Crippen LogP) is 6.97. The Morgan fingerprint density at radius 1 is 0.556 bits per heavy atom. The Kier molecular flexibility index (Phi) is 13.1. The summed E-state index contributed by atoms with van der Waals surface area (Å²) in [5.74, 6) is -0.716. The van der Waals surface area contributed by atoms with Gasteiger partial charge in [0.1, 0.15) is 11.5 Å². The van der Waals surface area contributed by atoms with Crippen molar-refractivity contribution in [3.63, 3.8) is 0 Å². The molecule has 0 radical (unpaired) electrons. The summed E-state index contributed by atoms with van der Waals surface area (Å²) in [6.07, 6.45) is 7.00. The molecular weight excluding hydrogens is 690 g/mol. The Labute approximate surface area is 311 Å². The molecule has 12 heteroatoms. The minimum absolute atomic E-state index is 0.197. The lowest BCUT2D eigenvalue weighted by Gasteiger charge is -2.14. The molecule has 0 saturated carbocycles. The van der Waals surface area contributed by atoms with Crippen LogP contribution in [0.5, 0.6) is 28.7 Å². The molecule has 0 fully saturated rings. The van der Waals surface area contributed by atoms with Crippen LogP contribution in [0.3, 0.4) is 0 Å². The summed E-state index contributed by atoms with van der Waals surface area (Å²) >= 11 is 0. The quantitative estimate of drug-likeness (QED) is 0.0407. The number of para-hydroxylation sites is 2. The van der Waals surface area contributed by atoms with E-state index in [1.807, 2.05) is 30.3 Å². The lowest BCUT2D eigenvalue weighted by Crippen LogP contribution is -2.18. The van der Waals surface area contributed by atoms with Crippen LogP contribution in [0.2, 0.25) is 0 Å². The molecule has 0 spiro atoms. The van der Waals surface area contributed by atoms with Gasteiger partial charge in [0.2, 0.25) is 5.75 Å². The fraction of sp³-hybridized carbons (Fsp3) is 0.0714. The molecule has 5 aromatic rings. The number of rotatable bonds is 14. The molecule has 0 saturated heterocycles. The summed E-state index contributed by atoms with van der Waals surface area (Å²) in [6, 6.07) is 32.0. The zero-order valence-electron chi connectivity index (χ0n) is 29.5. The second-order valence-electron chi connectivity index (χ2n) is 11.1. The van der Waals surface area contributed by atoms with Gasteiger partial charge in [0.15, 0.2) is 11.5 Å². The van der Waals surface area contributed by atoms with Crippen molar-refractivity contribution >= 4 is 47.8 Å². The van der Waals surface area contributed by atoms with Crippen molar-refractivity contribution in [1.29, 1.82) is 0 Å². The van der Waals surface area contributed by atoms with Gasteiger partial charge in [-0.15, -0.1) is 0 Å². The van der Waals surface area contributed by atoms with Crippen molar-refractivity contribution in [2.24, 2.45) is 5.10 Å². The number of anilines is 1. The van der Waals surface area contributed by atoms with E-state index in [0.717, 1.165) is 5.56 Å². The van der Waals surface area contributed by atoms with E-state index in [0.29, 0.717) is 34.1 Å². The second-order valence-corrected chi connectivity index (χ2v) is 11.1. The first-order valence-electron chi connectivity index (χ1n) is 16.4. The zero-order valence-corrected chi connectivity index (χ0v) is 29.5. The molecule has 0 aliphatic carbocycles. The normalized spacial score (nSPS) is 10.9. The molecule has 0 atom stereocenters. The predicted molar refractivity (Wildman–Crippen MR) is 204 cm³/mol. The number of amides is 2. The Morgan fingerprint density at radius 3 is 1.72 bits per heavy atom. The van der Waals surface area contributed by atoms with E-state index < -0.39 is 23.8 Å². The van der Waals surface area contributed by atoms with Crippen LogP contribution >= 0.6 is 0 Å². The third-order valence-electron chi connectivity index (χ3n) is 7.57. The maximum absolute atomic E-state index is 12.9. The van der Waals surface area contributed by atoms with Gasteiger partial charge in [-0.1, -0.05) is 60.7 Å². The minimum Gasteiger partial charge on any atom is -0.493 e. The number of methoxy groups -OCH3 is 3. The maximum atomic E-state index is 12.9. The Hall–Kier alpha value is -7.47. The summed E-state index contributed by atoms with van der Waals surface area (Å²) in [6.45, 7) is 0. The van der Waals surface area contributed by atoms with E-state index in [1.54, 1.807) is 66.7 Å². The Balaban J connectivity index is 1.16. The molecule has 0 aliphatic rings. The molecule has 2 amide bonds. The number of nitrogens with one attached hydrogen (secondary N) is 2. The summed E-state index contributed by atoms with van der Waals surface area (Å²) in [5, 5.41) is 6.79. The SMILES string of the molecule is COc1cc(C(=O)Nc2ccc(C(=O)N/N=C/c3ccccc3OC(=O)/C=C/c3ccccc3OC(=O)/C=C/c3ccccc3)cc2)cc(OC)c1OC. The zero-order chi connectivity index (χ0) is 38.3. The summed E-state index contributed by atoms with van der Waals surface area (Å²) in [7, 11) is 4.38. The van der Waals surface area contributed by atoms with Gasteiger partial charge < -0.3 is 29.0 Å². The van der Waals surface area contributed by atoms with Crippen LogP contribution in [0.4, 0.5) is 5.69 Å². The molecule has 0 aliphatic heterocycles. The molecule has 272 valence electrons. The van der Waals surface area contributed by atoms with Crippen molar-refractivity contribution in [2.45, 2.75) is 0 Å². The van der Waals surface area contributed by atoms with Crippen LogP contribution in [0, 0.1) is 0 Å². The molecule has 0 heterocycles. The van der Waals surface area contributed by atoms with Crippen LogP contribution in [0.25, 0.3) is 12.2 Å². The molecule has 2 N–H and O–H groups in total. The van der Waals surface area contributed by atoms with Crippen LogP contribution in [0.1, 0.15) is 37.4 Å². The number of ether oxygens (including phenoxy) is 5. The van der Waals surface area contributed by atoms with Gasteiger partial charge >= 0.3 is 11.9 Å². The molecule has 0 aromatic heterocycles. The first kappa shape index (κ1) is 37.8. The molecule has 54 heavy (non-hydrogen) atoms. The van der Waals surface area contributed by atoms with E-state index in [-0.39, 0.29) is 22.6 Å². The third-order valence-corrected chi connectivity index (χ3v) is 7.57. The average Bonchev–Trinajstić information content (AvgIpc) is 3.20. The highest BCUT2D eigenvalue weighted by atomic mass is 16.5. The fourth-order valence-corrected chi connectivity index (χ4v) is 4.91. The number of benzene rings is 5. The topological polar surface area (TPSA) is 151 Å². The summed E-state index contributed by atoms with van der Waals surface area (Å²) < 4.78 is 27.0. The third kappa shape index (κ3) is 10.3. The number of carbonyl (C=O) groups excluding carboxylic acids is 4. The number of hydrazone groups is 1. The average molecular weight is 726 g/mol. The van der Waals surface area contributed by atoms with Gasteiger partial charge in [0.05, 0.1) is 27.5 Å². The number of hydrogen-bond donors (Lipinski definition) is 2. The van der Waals surface area contributed by atoms with E-state index in [9.17, 15) is 19.2 Å². The summed E-state index contributed by atoms with van der Waals surface area (Å²) in [5.41, 5.74) is 5.20. The van der Waals surface area contributed by atoms with Gasteiger partial charge in [-0.05, 0) is 72.3 Å². The van der Waals surface area contributed by atoms with Crippen LogP contribution in [-0.2, 0) is 9.59 Å². The van der Waals surface area contributed by atoms with Crippen molar-refractivity contribution < 1.29 is 42.9 Å². The number of carbonyl (C=O) groups is 4. The van der Waals surface area contributed by atoms with E-state index in [2.05, 4.69) is 15.8 Å². The number of esters is 2. The molecule has 5 aromatic carbocycles. The maximum Gasteiger partial charge on any atom is 0.336 e. The Bertz CT molecular complexity index is 2190. The molecule has 0 bridgehead atoms. The molecule has 12 nitrogen and oxygen atoms in total.